The number of halogens is 7. The molecule has 0 radical (unpaired) electrons. The van der Waals surface area contributed by atoms with Gasteiger partial charge in [-0.2, -0.15) is 23.1 Å². The smallest absolute Gasteiger partial charge is 0.417 e. The second kappa shape index (κ2) is 10.4. The lowest BCUT2D eigenvalue weighted by Crippen LogP contribution is -2.56. The summed E-state index contributed by atoms with van der Waals surface area (Å²) < 4.78 is 116. The van der Waals surface area contributed by atoms with E-state index in [4.69, 9.17) is 15.2 Å². The van der Waals surface area contributed by atoms with Crippen LogP contribution in [0, 0.1) is 18.6 Å². The molecule has 242 valence electrons. The summed E-state index contributed by atoms with van der Waals surface area (Å²) in [7, 11) is 0. The molecule has 0 spiro atoms. The van der Waals surface area contributed by atoms with Crippen molar-refractivity contribution in [2.24, 2.45) is 0 Å². The van der Waals surface area contributed by atoms with Crippen molar-refractivity contribution in [3.63, 3.8) is 0 Å². The van der Waals surface area contributed by atoms with Gasteiger partial charge in [0.25, 0.3) is 0 Å². The van der Waals surface area contributed by atoms with Crippen LogP contribution in [-0.2, 0) is 6.18 Å². The van der Waals surface area contributed by atoms with E-state index in [1.54, 1.807) is 11.8 Å². The molecule has 1 aromatic carbocycles. The fourth-order valence-corrected chi connectivity index (χ4v) is 7.29. The Balaban J connectivity index is 1.43. The molecule has 5 atom stereocenters. The van der Waals surface area contributed by atoms with E-state index < -0.39 is 75.4 Å². The highest BCUT2D eigenvalue weighted by Gasteiger charge is 2.58. The molecule has 0 bridgehead atoms. The maximum Gasteiger partial charge on any atom is 0.417 e. The van der Waals surface area contributed by atoms with Crippen LogP contribution in [0.3, 0.4) is 0 Å². The topological polar surface area (TPSA) is 102 Å². The Morgan fingerprint density at radius 2 is 1.93 bits per heavy atom. The zero-order valence-corrected chi connectivity index (χ0v) is 24.3. The van der Waals surface area contributed by atoms with Crippen LogP contribution in [0.4, 0.5) is 42.2 Å². The number of alkyl halides is 5. The number of nitrogen functional groups attached to an aromatic ring is 1. The summed E-state index contributed by atoms with van der Waals surface area (Å²) in [5.41, 5.74) is -0.494. The highest BCUT2D eigenvalue weighted by Crippen LogP contribution is 2.47. The lowest BCUT2D eigenvalue weighted by atomic mass is 9.93. The first-order valence-electron chi connectivity index (χ1n) is 14.7. The standard InChI is InChI=1S/C29H30F7N7O2/c1-12-19(29(34,35)36)14(8-16(37)20(12)31)22-21(32)23-18-25(43-7-5-38-9-17(43)13(2)45-26(18)39-22)41-27(40-23)44-11-28-4-3-6-42(28)10-15(30)24(28)33/h8,13,15,17,24,38H,3-7,9-11,37H2,1-2H3/t13-,15-,17-,24-,28+/m0/s1. The quantitative estimate of drug-likeness (QED) is 0.318. The third kappa shape index (κ3) is 4.54. The number of benzene rings is 1. The number of aromatic nitrogens is 3. The maximum absolute atomic E-state index is 16.6. The number of ether oxygens (including phenoxy) is 2. The summed E-state index contributed by atoms with van der Waals surface area (Å²) in [6, 6.07) is -0.0287. The number of hydrogen-bond donors (Lipinski definition) is 2. The Bertz CT molecular complexity index is 1690. The third-order valence-corrected chi connectivity index (χ3v) is 9.52. The van der Waals surface area contributed by atoms with Crippen molar-refractivity contribution in [1.82, 2.24) is 25.2 Å². The molecule has 45 heavy (non-hydrogen) atoms. The molecule has 6 heterocycles. The van der Waals surface area contributed by atoms with Crippen LogP contribution in [0.2, 0.25) is 0 Å². The first-order chi connectivity index (χ1) is 21.3. The second-order valence-corrected chi connectivity index (χ2v) is 12.1. The second-order valence-electron chi connectivity index (χ2n) is 12.1. The van der Waals surface area contributed by atoms with E-state index in [1.165, 1.54) is 0 Å². The molecule has 7 rings (SSSR count). The van der Waals surface area contributed by atoms with Gasteiger partial charge in [0.15, 0.2) is 12.0 Å². The molecule has 0 aliphatic carbocycles. The summed E-state index contributed by atoms with van der Waals surface area (Å²) >= 11 is 0. The van der Waals surface area contributed by atoms with Gasteiger partial charge in [-0.1, -0.05) is 0 Å². The van der Waals surface area contributed by atoms with Crippen LogP contribution in [0.15, 0.2) is 6.07 Å². The number of hydrogen-bond acceptors (Lipinski definition) is 9. The SMILES string of the molecule is Cc1c(F)c(N)cc(-c2nc3c4c(nc(OC[C@@]56CCCN5C[C@H](F)[C@@H]6F)nc4c2F)N2CCNC[C@H]2[C@H](C)O3)c1C(F)(F)F. The molecule has 3 aromatic rings. The summed E-state index contributed by atoms with van der Waals surface area (Å²) in [6.45, 7) is 4.11. The van der Waals surface area contributed by atoms with Crippen LogP contribution in [0.25, 0.3) is 22.2 Å². The van der Waals surface area contributed by atoms with E-state index in [0.29, 0.717) is 45.1 Å². The molecule has 2 aromatic heterocycles. The van der Waals surface area contributed by atoms with Crippen molar-refractivity contribution in [1.29, 1.82) is 0 Å². The maximum atomic E-state index is 16.6. The molecule has 4 aliphatic rings. The van der Waals surface area contributed by atoms with Crippen molar-refractivity contribution in [3.05, 3.63) is 28.8 Å². The van der Waals surface area contributed by atoms with Crippen LogP contribution in [0.1, 0.15) is 30.9 Å². The number of pyridine rings is 1. The number of piperazine rings is 1. The molecule has 16 heteroatoms. The van der Waals surface area contributed by atoms with Crippen LogP contribution < -0.4 is 25.4 Å². The minimum Gasteiger partial charge on any atom is -0.472 e. The molecule has 4 aliphatic heterocycles. The zero-order chi connectivity index (χ0) is 32.0. The number of fused-ring (bicyclic) bond motifs is 3. The number of nitrogens with zero attached hydrogens (tertiary/aromatic N) is 5. The van der Waals surface area contributed by atoms with Gasteiger partial charge in [0.2, 0.25) is 5.88 Å². The van der Waals surface area contributed by atoms with Gasteiger partial charge in [-0.15, -0.1) is 0 Å². The van der Waals surface area contributed by atoms with Crippen molar-refractivity contribution in [2.75, 3.05) is 50.0 Å². The van der Waals surface area contributed by atoms with E-state index in [-0.39, 0.29) is 42.3 Å². The average molecular weight is 642 g/mol. The lowest BCUT2D eigenvalue weighted by molar-refractivity contribution is -0.137. The molecule has 9 nitrogen and oxygen atoms in total. The van der Waals surface area contributed by atoms with E-state index in [1.807, 2.05) is 4.90 Å². The predicted molar refractivity (Wildman–Crippen MR) is 150 cm³/mol. The van der Waals surface area contributed by atoms with Gasteiger partial charge in [0.05, 0.1) is 22.8 Å². The Kier molecular flexibility index (Phi) is 6.96. The van der Waals surface area contributed by atoms with Gasteiger partial charge in [-0.25, -0.2) is 22.5 Å². The highest BCUT2D eigenvalue weighted by atomic mass is 19.4. The van der Waals surface area contributed by atoms with Gasteiger partial charge in [-0.05, 0) is 44.9 Å². The zero-order valence-electron chi connectivity index (χ0n) is 24.3. The molecule has 0 unspecified atom stereocenters. The summed E-state index contributed by atoms with van der Waals surface area (Å²) in [6.07, 6.45) is -8.24. The van der Waals surface area contributed by atoms with Crippen LogP contribution in [-0.4, -0.2) is 89.2 Å². The third-order valence-electron chi connectivity index (χ3n) is 9.52. The molecule has 3 fully saturated rings. The van der Waals surface area contributed by atoms with E-state index in [2.05, 4.69) is 20.3 Å². The Morgan fingerprint density at radius 3 is 2.69 bits per heavy atom. The van der Waals surface area contributed by atoms with Gasteiger partial charge < -0.3 is 25.4 Å². The fourth-order valence-electron chi connectivity index (χ4n) is 7.29. The lowest BCUT2D eigenvalue weighted by Gasteiger charge is -2.38. The summed E-state index contributed by atoms with van der Waals surface area (Å²) in [5.74, 6) is -2.60. The van der Waals surface area contributed by atoms with Gasteiger partial charge in [0.1, 0.15) is 47.1 Å². The van der Waals surface area contributed by atoms with Crippen molar-refractivity contribution in [3.8, 4) is 23.1 Å². The first kappa shape index (κ1) is 30.0. The number of nitrogens with one attached hydrogen (secondary N) is 1. The summed E-state index contributed by atoms with van der Waals surface area (Å²) in [5, 5.41) is 3.26. The van der Waals surface area contributed by atoms with E-state index in [9.17, 15) is 22.0 Å². The number of nitrogens with two attached hydrogens (primary N) is 1. The largest absolute Gasteiger partial charge is 0.472 e. The molecule has 3 N–H and O–H groups in total. The fraction of sp³-hybridized carbons (Fsp3) is 0.552. The van der Waals surface area contributed by atoms with E-state index in [0.717, 1.165) is 6.92 Å². The molecular formula is C29H30F7N7O2. The number of anilines is 2. The van der Waals surface area contributed by atoms with Crippen molar-refractivity contribution in [2.45, 2.75) is 62.9 Å². The predicted octanol–water partition coefficient (Wildman–Crippen LogP) is 4.34. The molecule has 0 saturated carbocycles. The highest BCUT2D eigenvalue weighted by molar-refractivity contribution is 5.97. The average Bonchev–Trinajstić information content (AvgIpc) is 3.46. The molecular weight excluding hydrogens is 611 g/mol. The van der Waals surface area contributed by atoms with Gasteiger partial charge in [-0.3, -0.25) is 4.90 Å². The number of rotatable bonds is 4. The Morgan fingerprint density at radius 1 is 1.16 bits per heavy atom. The molecule has 0 amide bonds. The summed E-state index contributed by atoms with van der Waals surface area (Å²) in [4.78, 5) is 16.6. The van der Waals surface area contributed by atoms with Gasteiger partial charge in [0, 0.05) is 31.7 Å². The minimum atomic E-state index is -5.10. The van der Waals surface area contributed by atoms with Crippen molar-refractivity contribution < 1.29 is 40.2 Å². The van der Waals surface area contributed by atoms with Crippen LogP contribution >= 0.6 is 0 Å². The minimum absolute atomic E-state index is 0.00827. The Labute approximate surface area is 252 Å². The van der Waals surface area contributed by atoms with E-state index >= 15 is 8.78 Å². The molecule has 3 saturated heterocycles. The Hall–Kier alpha value is -3.66. The monoisotopic (exact) mass is 641 g/mol. The normalized spacial score (nSPS) is 28.2. The van der Waals surface area contributed by atoms with Crippen LogP contribution in [0.5, 0.6) is 11.9 Å². The first-order valence-corrected chi connectivity index (χ1v) is 14.7. The van der Waals surface area contributed by atoms with Gasteiger partial charge >= 0.3 is 12.2 Å². The van der Waals surface area contributed by atoms with Crippen molar-refractivity contribution >= 4 is 22.4 Å².